The molecular formula is C8H18O8P2. The normalized spacial score (nSPS) is 24.1. The number of rotatable bonds is 8. The molecule has 0 N–H and O–H groups in total. The summed E-state index contributed by atoms with van der Waals surface area (Å²) in [5.74, 6) is 0. The second-order valence-corrected chi connectivity index (χ2v) is 7.25. The minimum Gasteiger partial charge on any atom is -0.376 e. The lowest BCUT2D eigenvalue weighted by Crippen LogP contribution is -2.14. The van der Waals surface area contributed by atoms with Gasteiger partial charge >= 0.3 is 15.6 Å². The van der Waals surface area contributed by atoms with Crippen molar-refractivity contribution in [2.75, 3.05) is 34.5 Å². The van der Waals surface area contributed by atoms with Crippen LogP contribution in [0.15, 0.2) is 0 Å². The molecule has 1 rings (SSSR count). The third-order valence-corrected chi connectivity index (χ3v) is 5.72. The highest BCUT2D eigenvalue weighted by Crippen LogP contribution is 2.65. The highest BCUT2D eigenvalue weighted by Gasteiger charge is 2.39. The molecule has 0 spiro atoms. The van der Waals surface area contributed by atoms with E-state index in [9.17, 15) is 9.13 Å². The minimum absolute atomic E-state index is 0.0263. The van der Waals surface area contributed by atoms with Crippen molar-refractivity contribution < 1.29 is 36.3 Å². The second-order valence-electron chi connectivity index (χ2n) is 3.45. The van der Waals surface area contributed by atoms with Gasteiger partial charge < -0.3 is 4.74 Å². The van der Waals surface area contributed by atoms with Crippen LogP contribution >= 0.6 is 15.6 Å². The Balaban J connectivity index is 2.55. The summed E-state index contributed by atoms with van der Waals surface area (Å²) in [4.78, 5) is 0. The van der Waals surface area contributed by atoms with Crippen LogP contribution in [0.5, 0.6) is 0 Å². The zero-order valence-corrected chi connectivity index (χ0v) is 12.4. The summed E-state index contributed by atoms with van der Waals surface area (Å²) in [6, 6.07) is 0. The molecule has 10 heteroatoms. The van der Waals surface area contributed by atoms with E-state index >= 15 is 0 Å². The molecule has 0 amide bonds. The average Bonchev–Trinajstić information content (AvgIpc) is 2.89. The van der Waals surface area contributed by atoms with Crippen LogP contribution in [0.4, 0.5) is 0 Å². The van der Waals surface area contributed by atoms with Crippen molar-refractivity contribution in [2.24, 2.45) is 0 Å². The Hall–Kier alpha value is 0.220. The minimum atomic E-state index is -4.00. The lowest BCUT2D eigenvalue weighted by atomic mass is 10.2. The zero-order valence-electron chi connectivity index (χ0n) is 10.6. The Morgan fingerprint density at radius 1 is 1.11 bits per heavy atom. The number of hydrogen-bond donors (Lipinski definition) is 0. The third-order valence-electron chi connectivity index (χ3n) is 2.31. The molecule has 1 saturated heterocycles. The van der Waals surface area contributed by atoms with Crippen LogP contribution in [0.25, 0.3) is 0 Å². The predicted octanol–water partition coefficient (Wildman–Crippen LogP) is 2.35. The summed E-state index contributed by atoms with van der Waals surface area (Å²) in [6.45, 7) is 0.666. The Kier molecular flexibility index (Phi) is 6.44. The van der Waals surface area contributed by atoms with Gasteiger partial charge in [0.25, 0.3) is 0 Å². The van der Waals surface area contributed by atoms with E-state index in [1.165, 1.54) is 0 Å². The zero-order chi connectivity index (χ0) is 13.6. The van der Waals surface area contributed by atoms with Gasteiger partial charge in [-0.05, 0) is 12.8 Å². The summed E-state index contributed by atoms with van der Waals surface area (Å²) in [6.07, 6.45) is 1.55. The monoisotopic (exact) mass is 304 g/mol. The molecule has 8 nitrogen and oxygen atoms in total. The Bertz CT molecular complexity index is 332. The summed E-state index contributed by atoms with van der Waals surface area (Å²) in [5.41, 5.74) is 0. The maximum Gasteiger partial charge on any atom is 0.483 e. The molecule has 0 bridgehead atoms. The summed E-state index contributed by atoms with van der Waals surface area (Å²) in [7, 11) is -4.61. The van der Waals surface area contributed by atoms with E-state index in [0.717, 1.165) is 34.2 Å². The van der Waals surface area contributed by atoms with Crippen molar-refractivity contribution in [1.82, 2.24) is 0 Å². The molecule has 0 aromatic heterocycles. The van der Waals surface area contributed by atoms with E-state index in [0.29, 0.717) is 6.61 Å². The highest BCUT2D eigenvalue weighted by molar-refractivity contribution is 7.62. The number of phosphoric acid groups is 2. The largest absolute Gasteiger partial charge is 0.483 e. The number of hydrogen-bond acceptors (Lipinski definition) is 8. The average molecular weight is 304 g/mol. The quantitative estimate of drug-likeness (QED) is 0.631. The molecule has 108 valence electrons. The van der Waals surface area contributed by atoms with Crippen LogP contribution in [0.1, 0.15) is 12.8 Å². The van der Waals surface area contributed by atoms with Crippen molar-refractivity contribution in [3.63, 3.8) is 0 Å². The molecule has 1 fully saturated rings. The maximum atomic E-state index is 12.0. The fourth-order valence-electron chi connectivity index (χ4n) is 1.32. The topological polar surface area (TPSA) is 89.5 Å². The van der Waals surface area contributed by atoms with E-state index in [1.54, 1.807) is 0 Å². The molecule has 1 aliphatic rings. The lowest BCUT2D eigenvalue weighted by Gasteiger charge is -2.20. The third kappa shape index (κ3) is 4.72. The van der Waals surface area contributed by atoms with Gasteiger partial charge in [-0.2, -0.15) is 4.31 Å². The molecule has 0 aromatic rings. The van der Waals surface area contributed by atoms with Gasteiger partial charge in [0.05, 0.1) is 12.7 Å². The molecule has 2 atom stereocenters. The van der Waals surface area contributed by atoms with Crippen LogP contribution in [-0.2, 0) is 36.3 Å². The van der Waals surface area contributed by atoms with Gasteiger partial charge in [-0.25, -0.2) is 9.13 Å². The van der Waals surface area contributed by atoms with Gasteiger partial charge in [-0.1, -0.05) is 0 Å². The fraction of sp³-hybridized carbons (Fsp3) is 1.00. The Morgan fingerprint density at radius 3 is 2.17 bits per heavy atom. The van der Waals surface area contributed by atoms with E-state index in [2.05, 4.69) is 13.6 Å². The molecule has 0 aromatic carbocycles. The first-order chi connectivity index (χ1) is 8.47. The predicted molar refractivity (Wildman–Crippen MR) is 62.3 cm³/mol. The standard InChI is InChI=1S/C8H18O8P2/c1-11-17(9,12-2)16-18(10,13-3)15-7-8-5-4-6-14-8/h8H,4-7H2,1-3H3. The van der Waals surface area contributed by atoms with Crippen LogP contribution < -0.4 is 0 Å². The van der Waals surface area contributed by atoms with Crippen molar-refractivity contribution in [2.45, 2.75) is 18.9 Å². The number of phosphoric ester groups is 2. The highest BCUT2D eigenvalue weighted by atomic mass is 31.3. The lowest BCUT2D eigenvalue weighted by molar-refractivity contribution is 0.0498. The first kappa shape index (κ1) is 16.3. The Labute approximate surface area is 106 Å². The van der Waals surface area contributed by atoms with Gasteiger partial charge in [0.15, 0.2) is 0 Å². The van der Waals surface area contributed by atoms with Crippen molar-refractivity contribution in [1.29, 1.82) is 0 Å². The first-order valence-electron chi connectivity index (χ1n) is 5.31. The van der Waals surface area contributed by atoms with Crippen LogP contribution in [0.2, 0.25) is 0 Å². The van der Waals surface area contributed by atoms with E-state index in [-0.39, 0.29) is 12.7 Å². The molecule has 0 saturated carbocycles. The van der Waals surface area contributed by atoms with Gasteiger partial charge in [0.2, 0.25) is 0 Å². The molecule has 1 aliphatic heterocycles. The van der Waals surface area contributed by atoms with E-state index in [4.69, 9.17) is 13.6 Å². The van der Waals surface area contributed by atoms with E-state index in [1.807, 2.05) is 0 Å². The Morgan fingerprint density at radius 2 is 1.72 bits per heavy atom. The molecule has 0 radical (unpaired) electrons. The van der Waals surface area contributed by atoms with E-state index < -0.39 is 15.6 Å². The maximum absolute atomic E-state index is 12.0. The molecule has 1 heterocycles. The SMILES string of the molecule is COP(=O)(OC)OP(=O)(OC)OCC1CCCO1. The van der Waals surface area contributed by atoms with Crippen molar-refractivity contribution in [3.8, 4) is 0 Å². The molecule has 2 unspecified atom stereocenters. The van der Waals surface area contributed by atoms with Gasteiger partial charge in [0, 0.05) is 27.9 Å². The van der Waals surface area contributed by atoms with Gasteiger partial charge in [-0.15, -0.1) is 0 Å². The molecule has 18 heavy (non-hydrogen) atoms. The van der Waals surface area contributed by atoms with Crippen molar-refractivity contribution >= 4 is 15.6 Å². The van der Waals surface area contributed by atoms with Crippen LogP contribution in [-0.4, -0.2) is 40.6 Å². The van der Waals surface area contributed by atoms with Crippen molar-refractivity contribution in [3.05, 3.63) is 0 Å². The smallest absolute Gasteiger partial charge is 0.376 e. The summed E-state index contributed by atoms with van der Waals surface area (Å²) >= 11 is 0. The molecular weight excluding hydrogens is 286 g/mol. The van der Waals surface area contributed by atoms with Crippen LogP contribution in [0, 0.1) is 0 Å². The molecule has 0 aliphatic carbocycles. The first-order valence-corrected chi connectivity index (χ1v) is 8.24. The second kappa shape index (κ2) is 7.12. The number of ether oxygens (including phenoxy) is 1. The van der Waals surface area contributed by atoms with Crippen LogP contribution in [0.3, 0.4) is 0 Å². The summed E-state index contributed by atoms with van der Waals surface area (Å²) in [5, 5.41) is 0. The van der Waals surface area contributed by atoms with Gasteiger partial charge in [0.1, 0.15) is 0 Å². The fourth-order valence-corrected chi connectivity index (χ4v) is 3.90. The van der Waals surface area contributed by atoms with Gasteiger partial charge in [-0.3, -0.25) is 18.1 Å². The summed E-state index contributed by atoms with van der Waals surface area (Å²) < 4.78 is 52.3.